The van der Waals surface area contributed by atoms with E-state index in [-0.39, 0.29) is 18.5 Å². The minimum Gasteiger partial charge on any atom is -0.493 e. The van der Waals surface area contributed by atoms with Crippen molar-refractivity contribution in [2.75, 3.05) is 27.0 Å². The molecule has 0 aliphatic carbocycles. The second-order valence-corrected chi connectivity index (χ2v) is 5.00. The van der Waals surface area contributed by atoms with Gasteiger partial charge in [0.1, 0.15) is 0 Å². The van der Waals surface area contributed by atoms with Gasteiger partial charge in [-0.3, -0.25) is 0 Å². The Labute approximate surface area is 94.5 Å². The first-order valence-corrected chi connectivity index (χ1v) is 6.48. The second-order valence-electron chi connectivity index (χ2n) is 3.10. The molecule has 1 unspecified atom stereocenters. The van der Waals surface area contributed by atoms with Crippen LogP contribution in [0.2, 0.25) is 0 Å². The fourth-order valence-electron chi connectivity index (χ4n) is 1.10. The van der Waals surface area contributed by atoms with Crippen LogP contribution in [-0.2, 0) is 9.30 Å². The van der Waals surface area contributed by atoms with Crippen molar-refractivity contribution in [3.63, 3.8) is 0 Å². The van der Waals surface area contributed by atoms with Gasteiger partial charge in [-0.15, -0.1) is 0 Å². The third-order valence-electron chi connectivity index (χ3n) is 1.89. The number of methoxy groups -OCH3 is 2. The molecule has 1 atom stereocenters. The molecule has 0 fully saturated rings. The lowest BCUT2D eigenvalue weighted by Crippen LogP contribution is -2.03. The Morgan fingerprint density at radius 3 is 2.44 bits per heavy atom. The van der Waals surface area contributed by atoms with Crippen LogP contribution < -0.4 is 9.26 Å². The van der Waals surface area contributed by atoms with Gasteiger partial charge in [-0.05, 0) is 12.1 Å². The lowest BCUT2D eigenvalue weighted by atomic mass is 10.3. The van der Waals surface area contributed by atoms with Gasteiger partial charge in [-0.2, -0.15) is 0 Å². The molecule has 0 radical (unpaired) electrons. The first kappa shape index (κ1) is 13.0. The molecule has 0 amide bonds. The quantitative estimate of drug-likeness (QED) is 0.776. The normalized spacial score (nSPS) is 14.2. The van der Waals surface area contributed by atoms with E-state index in [2.05, 4.69) is 0 Å². The Morgan fingerprint density at radius 1 is 1.25 bits per heavy atom. The summed E-state index contributed by atoms with van der Waals surface area (Å²) in [5.41, 5.74) is 0. The molecule has 0 spiro atoms. The number of para-hydroxylation sites is 2. The topological polar surface area (TPSA) is 65.0 Å². The Balaban J connectivity index is 2.75. The fourth-order valence-corrected chi connectivity index (χ4v) is 2.06. The summed E-state index contributed by atoms with van der Waals surface area (Å²) in [5, 5.41) is 0. The molecule has 1 rings (SSSR count). The largest absolute Gasteiger partial charge is 0.493 e. The Bertz CT molecular complexity index is 379. The molecule has 1 N–H and O–H groups in total. The molecular formula is C10H15O5P. The molecule has 0 heterocycles. The lowest BCUT2D eigenvalue weighted by Gasteiger charge is -2.14. The van der Waals surface area contributed by atoms with E-state index in [9.17, 15) is 9.46 Å². The van der Waals surface area contributed by atoms with Gasteiger partial charge in [0.15, 0.2) is 11.5 Å². The first-order valence-electron chi connectivity index (χ1n) is 4.72. The van der Waals surface area contributed by atoms with Crippen molar-refractivity contribution >= 4 is 7.60 Å². The van der Waals surface area contributed by atoms with Crippen molar-refractivity contribution in [1.82, 2.24) is 0 Å². The number of hydrogen-bond acceptors (Lipinski definition) is 4. The Morgan fingerprint density at radius 2 is 1.88 bits per heavy atom. The second kappa shape index (κ2) is 5.89. The molecule has 1 aromatic rings. The van der Waals surface area contributed by atoms with Crippen LogP contribution >= 0.6 is 7.60 Å². The zero-order valence-corrected chi connectivity index (χ0v) is 10.1. The molecule has 0 bridgehead atoms. The maximum absolute atomic E-state index is 11.6. The molecule has 0 saturated heterocycles. The smallest absolute Gasteiger partial charge is 0.379 e. The SMILES string of the molecule is COCCP(=O)(O)Oc1ccccc1OC. The zero-order valence-electron chi connectivity index (χ0n) is 9.25. The minimum atomic E-state index is -3.68. The third kappa shape index (κ3) is 3.85. The maximum Gasteiger partial charge on any atom is 0.379 e. The van der Waals surface area contributed by atoms with E-state index < -0.39 is 7.60 Å². The van der Waals surface area contributed by atoms with Gasteiger partial charge in [0.25, 0.3) is 0 Å². The van der Waals surface area contributed by atoms with Gasteiger partial charge < -0.3 is 18.9 Å². The lowest BCUT2D eigenvalue weighted by molar-refractivity contribution is 0.211. The summed E-state index contributed by atoms with van der Waals surface area (Å²) in [6, 6.07) is 6.69. The van der Waals surface area contributed by atoms with Crippen LogP contribution in [0.3, 0.4) is 0 Å². The third-order valence-corrected chi connectivity index (χ3v) is 3.12. The van der Waals surface area contributed by atoms with Crippen molar-refractivity contribution in [1.29, 1.82) is 0 Å². The molecule has 5 nitrogen and oxygen atoms in total. The highest BCUT2D eigenvalue weighted by Gasteiger charge is 2.22. The Kier molecular flexibility index (Phi) is 4.80. The molecule has 0 aliphatic rings. The van der Waals surface area contributed by atoms with Crippen LogP contribution in [0.4, 0.5) is 0 Å². The number of hydrogen-bond donors (Lipinski definition) is 1. The molecule has 6 heteroatoms. The van der Waals surface area contributed by atoms with Crippen molar-refractivity contribution in [2.45, 2.75) is 0 Å². The first-order chi connectivity index (χ1) is 7.59. The molecule has 0 aromatic heterocycles. The molecular weight excluding hydrogens is 231 g/mol. The highest BCUT2D eigenvalue weighted by molar-refractivity contribution is 7.53. The van der Waals surface area contributed by atoms with Crippen molar-refractivity contribution < 1.29 is 23.5 Å². The van der Waals surface area contributed by atoms with E-state index in [1.165, 1.54) is 14.2 Å². The fraction of sp³-hybridized carbons (Fsp3) is 0.400. The average molecular weight is 246 g/mol. The monoisotopic (exact) mass is 246 g/mol. The van der Waals surface area contributed by atoms with Crippen LogP contribution in [0.25, 0.3) is 0 Å². The summed E-state index contributed by atoms with van der Waals surface area (Å²) >= 11 is 0. The minimum absolute atomic E-state index is 0.0540. The van der Waals surface area contributed by atoms with Crippen LogP contribution in [0, 0.1) is 0 Å². The van der Waals surface area contributed by atoms with E-state index in [1.807, 2.05) is 0 Å². The van der Waals surface area contributed by atoms with Crippen molar-refractivity contribution in [3.05, 3.63) is 24.3 Å². The van der Waals surface area contributed by atoms with Gasteiger partial charge >= 0.3 is 7.60 Å². The van der Waals surface area contributed by atoms with Crippen LogP contribution in [0.1, 0.15) is 0 Å². The highest BCUT2D eigenvalue weighted by atomic mass is 31.2. The van der Waals surface area contributed by atoms with Gasteiger partial charge in [0, 0.05) is 7.11 Å². The van der Waals surface area contributed by atoms with Gasteiger partial charge in [-0.25, -0.2) is 4.57 Å². The van der Waals surface area contributed by atoms with E-state index in [1.54, 1.807) is 24.3 Å². The van der Waals surface area contributed by atoms with Crippen molar-refractivity contribution in [2.24, 2.45) is 0 Å². The standard InChI is InChI=1S/C10H15O5P/c1-13-7-8-16(11,12)15-10-6-4-3-5-9(10)14-2/h3-6H,7-8H2,1-2H3,(H,11,12). The van der Waals surface area contributed by atoms with E-state index in [0.29, 0.717) is 5.75 Å². The molecule has 16 heavy (non-hydrogen) atoms. The predicted octanol–water partition coefficient (Wildman–Crippen LogP) is 1.91. The average Bonchev–Trinajstić information content (AvgIpc) is 2.27. The number of benzene rings is 1. The summed E-state index contributed by atoms with van der Waals surface area (Å²) < 4.78 is 26.4. The maximum atomic E-state index is 11.6. The van der Waals surface area contributed by atoms with Gasteiger partial charge in [0.2, 0.25) is 0 Å². The predicted molar refractivity (Wildman–Crippen MR) is 60.2 cm³/mol. The molecule has 1 aromatic carbocycles. The Hall–Kier alpha value is -1.03. The summed E-state index contributed by atoms with van der Waals surface area (Å²) in [6.07, 6.45) is -0.0540. The summed E-state index contributed by atoms with van der Waals surface area (Å²) in [5.74, 6) is 0.682. The van der Waals surface area contributed by atoms with Crippen molar-refractivity contribution in [3.8, 4) is 11.5 Å². The molecule has 0 aliphatic heterocycles. The van der Waals surface area contributed by atoms with E-state index >= 15 is 0 Å². The summed E-state index contributed by atoms with van der Waals surface area (Å²) in [7, 11) is -0.743. The molecule has 90 valence electrons. The summed E-state index contributed by atoms with van der Waals surface area (Å²) in [6.45, 7) is 0.170. The zero-order chi connectivity index (χ0) is 12.0. The van der Waals surface area contributed by atoms with Gasteiger partial charge in [-0.1, -0.05) is 12.1 Å². The highest BCUT2D eigenvalue weighted by Crippen LogP contribution is 2.45. The van der Waals surface area contributed by atoms with E-state index in [4.69, 9.17) is 14.0 Å². The number of rotatable bonds is 6. The number of ether oxygens (including phenoxy) is 2. The van der Waals surface area contributed by atoms with Crippen LogP contribution in [0.5, 0.6) is 11.5 Å². The van der Waals surface area contributed by atoms with E-state index in [0.717, 1.165) is 0 Å². The van der Waals surface area contributed by atoms with Gasteiger partial charge in [0.05, 0.1) is 19.9 Å². The summed E-state index contributed by atoms with van der Waals surface area (Å²) in [4.78, 5) is 9.52. The van der Waals surface area contributed by atoms with Crippen LogP contribution in [0.15, 0.2) is 24.3 Å². The molecule has 0 saturated carbocycles. The van der Waals surface area contributed by atoms with Crippen LogP contribution in [-0.4, -0.2) is 31.9 Å².